The van der Waals surface area contributed by atoms with Gasteiger partial charge in [-0.1, -0.05) is 18.3 Å². The van der Waals surface area contributed by atoms with Gasteiger partial charge in [0.05, 0.1) is 0 Å². The number of nitrogens with zero attached hydrogens (tertiary/aromatic N) is 1. The summed E-state index contributed by atoms with van der Waals surface area (Å²) in [5.74, 6) is 1.63. The molecule has 1 saturated carbocycles. The monoisotopic (exact) mass is 421 g/mol. The van der Waals surface area contributed by atoms with Crippen LogP contribution in [0.2, 0.25) is 0 Å². The lowest BCUT2D eigenvalue weighted by atomic mass is 10.0. The van der Waals surface area contributed by atoms with Crippen molar-refractivity contribution in [1.29, 1.82) is 0 Å². The molecule has 1 aromatic heterocycles. The maximum atomic E-state index is 12.8. The SMILES string of the molecule is CNc1cc(C2CCC(O/C(N)=C/C=S)C2)[nH]n1.Fc1cccc2c1CNS2. The topological polar surface area (TPSA) is 88.0 Å². The van der Waals surface area contributed by atoms with Gasteiger partial charge < -0.3 is 15.8 Å². The van der Waals surface area contributed by atoms with E-state index in [1.54, 1.807) is 12.1 Å². The fourth-order valence-electron chi connectivity index (χ4n) is 3.29. The number of hydrogen-bond acceptors (Lipinski definition) is 7. The number of ether oxygens (including phenoxy) is 1. The molecular weight excluding hydrogens is 397 g/mol. The highest BCUT2D eigenvalue weighted by Gasteiger charge is 2.28. The van der Waals surface area contributed by atoms with Crippen LogP contribution in [-0.4, -0.2) is 28.7 Å². The Morgan fingerprint density at radius 1 is 1.46 bits per heavy atom. The van der Waals surface area contributed by atoms with Gasteiger partial charge in [-0.05, 0) is 43.3 Å². The number of nitrogens with one attached hydrogen (secondary N) is 3. The van der Waals surface area contributed by atoms with Crippen LogP contribution < -0.4 is 15.8 Å². The molecule has 1 fully saturated rings. The van der Waals surface area contributed by atoms with Gasteiger partial charge in [0.2, 0.25) is 0 Å². The quantitative estimate of drug-likeness (QED) is 0.252. The molecule has 0 amide bonds. The van der Waals surface area contributed by atoms with E-state index in [0.717, 1.165) is 41.2 Å². The van der Waals surface area contributed by atoms with Gasteiger partial charge in [0.15, 0.2) is 5.88 Å². The molecule has 6 nitrogen and oxygen atoms in total. The number of fused-ring (bicyclic) bond motifs is 1. The van der Waals surface area contributed by atoms with Gasteiger partial charge in [-0.25, -0.2) is 4.39 Å². The van der Waals surface area contributed by atoms with Gasteiger partial charge in [0, 0.05) is 53.2 Å². The molecule has 150 valence electrons. The van der Waals surface area contributed by atoms with Crippen LogP contribution in [-0.2, 0) is 11.3 Å². The largest absolute Gasteiger partial charge is 0.476 e. The molecule has 9 heteroatoms. The highest BCUT2D eigenvalue weighted by molar-refractivity contribution is 7.97. The Bertz CT molecular complexity index is 841. The molecule has 2 unspecified atom stereocenters. The Labute approximate surface area is 173 Å². The first kappa shape index (κ1) is 20.6. The summed E-state index contributed by atoms with van der Waals surface area (Å²) in [4.78, 5) is 1.01. The second-order valence-corrected chi connectivity index (χ2v) is 7.76. The van der Waals surface area contributed by atoms with Crippen molar-refractivity contribution >= 4 is 35.4 Å². The average molecular weight is 422 g/mol. The van der Waals surface area contributed by atoms with E-state index in [1.807, 2.05) is 19.2 Å². The Hall–Kier alpha value is -2.10. The maximum absolute atomic E-state index is 12.8. The van der Waals surface area contributed by atoms with E-state index in [0.29, 0.717) is 18.3 Å². The third kappa shape index (κ3) is 5.24. The predicted molar refractivity (Wildman–Crippen MR) is 115 cm³/mol. The lowest BCUT2D eigenvalue weighted by Crippen LogP contribution is -2.13. The normalized spacial score (nSPS) is 20.9. The van der Waals surface area contributed by atoms with Crippen LogP contribution in [0.5, 0.6) is 0 Å². The summed E-state index contributed by atoms with van der Waals surface area (Å²) >= 11 is 6.20. The van der Waals surface area contributed by atoms with Crippen molar-refractivity contribution in [1.82, 2.24) is 14.9 Å². The highest BCUT2D eigenvalue weighted by Crippen LogP contribution is 2.36. The Morgan fingerprint density at radius 2 is 2.32 bits per heavy atom. The molecule has 0 spiro atoms. The van der Waals surface area contributed by atoms with E-state index >= 15 is 0 Å². The summed E-state index contributed by atoms with van der Waals surface area (Å²) in [6, 6.07) is 7.19. The van der Waals surface area contributed by atoms with Crippen LogP contribution >= 0.6 is 24.2 Å². The van der Waals surface area contributed by atoms with Gasteiger partial charge in [-0.3, -0.25) is 9.82 Å². The number of allylic oxidation sites excluding steroid dienone is 1. The van der Waals surface area contributed by atoms with E-state index in [9.17, 15) is 4.39 Å². The molecule has 1 aliphatic carbocycles. The van der Waals surface area contributed by atoms with Crippen molar-refractivity contribution in [3.8, 4) is 0 Å². The molecule has 28 heavy (non-hydrogen) atoms. The minimum Gasteiger partial charge on any atom is -0.476 e. The van der Waals surface area contributed by atoms with E-state index in [1.165, 1.54) is 23.4 Å². The second kappa shape index (κ2) is 9.90. The number of benzene rings is 1. The standard InChI is InChI=1S/C12H18N4OS.C7H6FNS/c1-14-12-7-10(15-16-12)8-2-3-9(6-8)17-11(13)4-5-18;8-6-2-1-3-7-5(6)4-9-10-7/h4-5,7-9H,2-3,6,13H2,1H3,(H2,14,15,16);1-3,9H,4H2/b11-4+;. The van der Waals surface area contributed by atoms with Crippen LogP contribution in [0, 0.1) is 5.82 Å². The van der Waals surface area contributed by atoms with E-state index in [4.69, 9.17) is 22.7 Å². The van der Waals surface area contributed by atoms with Gasteiger partial charge >= 0.3 is 0 Å². The van der Waals surface area contributed by atoms with Crippen molar-refractivity contribution < 1.29 is 9.13 Å². The number of H-pyrrole nitrogens is 1. The van der Waals surface area contributed by atoms with Crippen molar-refractivity contribution in [2.75, 3.05) is 12.4 Å². The van der Waals surface area contributed by atoms with Crippen molar-refractivity contribution in [2.24, 2.45) is 5.73 Å². The summed E-state index contributed by atoms with van der Waals surface area (Å²) in [6.07, 6.45) is 4.82. The first-order valence-corrected chi connectivity index (χ1v) is 10.4. The number of nitrogens with two attached hydrogens (primary N) is 1. The molecule has 0 bridgehead atoms. The van der Waals surface area contributed by atoms with Crippen LogP contribution in [0.3, 0.4) is 0 Å². The first-order valence-electron chi connectivity index (χ1n) is 9.08. The molecule has 2 aliphatic rings. The van der Waals surface area contributed by atoms with Gasteiger partial charge in [0.25, 0.3) is 0 Å². The first-order chi connectivity index (χ1) is 13.6. The number of anilines is 1. The van der Waals surface area contributed by atoms with Gasteiger partial charge in [0.1, 0.15) is 17.7 Å². The zero-order valence-corrected chi connectivity index (χ0v) is 17.2. The van der Waals surface area contributed by atoms with Crippen LogP contribution in [0.25, 0.3) is 0 Å². The fourth-order valence-corrected chi connectivity index (χ4v) is 4.24. The van der Waals surface area contributed by atoms with Crippen molar-refractivity contribution in [3.63, 3.8) is 0 Å². The zero-order chi connectivity index (χ0) is 19.9. The van der Waals surface area contributed by atoms with E-state index in [-0.39, 0.29) is 11.9 Å². The third-order valence-corrected chi connectivity index (χ3v) is 5.75. The molecule has 4 rings (SSSR count). The van der Waals surface area contributed by atoms with E-state index in [2.05, 4.69) is 20.2 Å². The molecule has 2 aromatic rings. The Morgan fingerprint density at radius 3 is 3.04 bits per heavy atom. The number of aromatic nitrogens is 2. The fraction of sp³-hybridized carbons (Fsp3) is 0.368. The number of aromatic amines is 1. The van der Waals surface area contributed by atoms with Crippen LogP contribution in [0.4, 0.5) is 10.2 Å². The number of thiocarbonyl (C=S) groups is 1. The Kier molecular flexibility index (Phi) is 7.30. The molecule has 0 saturated heterocycles. The molecule has 5 N–H and O–H groups in total. The average Bonchev–Trinajstić information content (AvgIpc) is 3.43. The molecule has 2 heterocycles. The summed E-state index contributed by atoms with van der Waals surface area (Å²) in [5, 5.41) is 11.7. The second-order valence-electron chi connectivity index (χ2n) is 6.55. The third-order valence-electron chi connectivity index (χ3n) is 4.72. The molecular formula is C19H24FN5OS2. The number of hydrogen-bond donors (Lipinski definition) is 4. The molecule has 0 radical (unpaired) electrons. The lowest BCUT2D eigenvalue weighted by molar-refractivity contribution is 0.119. The molecule has 1 aliphatic heterocycles. The van der Waals surface area contributed by atoms with Crippen LogP contribution in [0.1, 0.15) is 36.4 Å². The summed E-state index contributed by atoms with van der Waals surface area (Å²) < 4.78 is 21.5. The van der Waals surface area contributed by atoms with E-state index < -0.39 is 0 Å². The van der Waals surface area contributed by atoms with Crippen molar-refractivity contribution in [2.45, 2.75) is 42.7 Å². The minimum absolute atomic E-state index is 0.102. The number of rotatable bonds is 5. The smallest absolute Gasteiger partial charge is 0.185 e. The van der Waals surface area contributed by atoms with Gasteiger partial charge in [-0.15, -0.1) is 0 Å². The number of halogens is 1. The lowest BCUT2D eigenvalue weighted by Gasteiger charge is -2.13. The molecule has 2 atom stereocenters. The summed E-state index contributed by atoms with van der Waals surface area (Å²) in [7, 11) is 1.86. The highest BCUT2D eigenvalue weighted by atomic mass is 32.2. The summed E-state index contributed by atoms with van der Waals surface area (Å²) in [6.45, 7) is 0.646. The maximum Gasteiger partial charge on any atom is 0.185 e. The Balaban J connectivity index is 0.000000188. The predicted octanol–water partition coefficient (Wildman–Crippen LogP) is 3.84. The van der Waals surface area contributed by atoms with Crippen molar-refractivity contribution in [3.05, 3.63) is 53.3 Å². The zero-order valence-electron chi connectivity index (χ0n) is 15.6. The van der Waals surface area contributed by atoms with Gasteiger partial charge in [-0.2, -0.15) is 5.10 Å². The minimum atomic E-state index is -0.102. The summed E-state index contributed by atoms with van der Waals surface area (Å²) in [5.41, 5.74) is 7.64. The van der Waals surface area contributed by atoms with Crippen LogP contribution in [0.15, 0.2) is 41.1 Å². The molecule has 1 aromatic carbocycles.